The Morgan fingerprint density at radius 2 is 1.91 bits per heavy atom. The third-order valence-corrected chi connectivity index (χ3v) is 0.648. The fourth-order valence-electron chi connectivity index (χ4n) is 0.0768. The van der Waals surface area contributed by atoms with Crippen molar-refractivity contribution in [1.82, 2.24) is 0 Å². The largest absolute Gasteiger partial charge is 0.691 e. The Kier molecular flexibility index (Phi) is 39.9. The van der Waals surface area contributed by atoms with Crippen molar-refractivity contribution in [2.24, 2.45) is 0 Å². The zero-order valence-corrected chi connectivity index (χ0v) is 14.6. The van der Waals surface area contributed by atoms with Crippen LogP contribution in [-0.4, -0.2) is 11.1 Å². The monoisotopic (exact) mass is 405 g/mol. The van der Waals surface area contributed by atoms with Crippen LogP contribution >= 0.6 is 12.0 Å². The average Bonchev–Trinajstić information content (AvgIpc) is 1.66. The number of hydrogen-bond acceptors (Lipinski definition) is 5. The van der Waals surface area contributed by atoms with Crippen molar-refractivity contribution >= 4 is 18.0 Å². The molecule has 0 aliphatic heterocycles. The van der Waals surface area contributed by atoms with E-state index in [0.717, 1.165) is 0 Å². The summed E-state index contributed by atoms with van der Waals surface area (Å²) in [6, 6.07) is 0. The molecule has 0 aromatic rings. The Morgan fingerprint density at radius 1 is 1.45 bits per heavy atom. The summed E-state index contributed by atoms with van der Waals surface area (Å²) in [5, 5.41) is 19.6. The minimum atomic E-state index is -1.19. The first-order chi connectivity index (χ1) is 3.77. The van der Waals surface area contributed by atoms with E-state index < -0.39 is 5.97 Å². The second-order valence-corrected chi connectivity index (χ2v) is 1.25. The van der Waals surface area contributed by atoms with Crippen LogP contribution in [0.15, 0.2) is 0 Å². The Bertz CT molecular complexity index is 82.1. The third kappa shape index (κ3) is 24.6. The molecule has 0 heterocycles. The first kappa shape index (κ1) is 23.6. The van der Waals surface area contributed by atoms with Crippen molar-refractivity contribution in [3.63, 3.8) is 0 Å². The molecule has 5 nitrogen and oxygen atoms in total. The average molecular weight is 405 g/mol. The molecule has 0 fully saturated rings. The van der Waals surface area contributed by atoms with Gasteiger partial charge >= 0.3 is 0 Å². The van der Waals surface area contributed by atoms with E-state index in [4.69, 9.17) is 10.4 Å². The maximum Gasteiger partial charge on any atom is 0.175 e. The van der Waals surface area contributed by atoms with Crippen LogP contribution in [0.25, 0.3) is 0 Å². The minimum Gasteiger partial charge on any atom is -0.691 e. The molecule has 0 aliphatic rings. The molecule has 9 heteroatoms. The summed E-state index contributed by atoms with van der Waals surface area (Å²) in [7, 11) is 0. The van der Waals surface area contributed by atoms with Gasteiger partial charge in [0.15, 0.2) is 5.97 Å². The molecule has 0 saturated carbocycles. The normalized spacial score (nSPS) is 6.27. The summed E-state index contributed by atoms with van der Waals surface area (Å²) in [5.41, 5.74) is 0. The van der Waals surface area contributed by atoms with Crippen LogP contribution < -0.4 is 5.26 Å². The molecule has 0 aliphatic carbocycles. The van der Waals surface area contributed by atoms with E-state index in [1.54, 1.807) is 0 Å². The molecule has 0 amide bonds. The molecular weight excluding hydrogens is 403 g/mol. The maximum atomic E-state index is 9.56. The molecule has 0 saturated heterocycles. The van der Waals surface area contributed by atoms with Crippen molar-refractivity contribution in [1.29, 1.82) is 0 Å². The fraction of sp³-hybridized carbons (Fsp3) is 0. The topological polar surface area (TPSA) is 78.8 Å². The maximum absolute atomic E-state index is 9.56. The van der Waals surface area contributed by atoms with E-state index in [0.29, 0.717) is 17.8 Å². The van der Waals surface area contributed by atoms with E-state index in [1.807, 2.05) is 0 Å². The van der Waals surface area contributed by atoms with Gasteiger partial charge in [0, 0.05) is 98.1 Å². The van der Waals surface area contributed by atoms with E-state index in [1.165, 1.54) is 0 Å². The number of carbonyl (C=O) groups is 1. The zero-order valence-electron chi connectivity index (χ0n) is 5.30. The number of hydrogen-bond donors (Lipinski definition) is 1. The van der Waals surface area contributed by atoms with Gasteiger partial charge in [-0.25, -0.2) is 10.1 Å². The third-order valence-electron chi connectivity index (χ3n) is 0.216. The Hall–Kier alpha value is 2.88. The molecule has 57 valence electrons. The van der Waals surface area contributed by atoms with Crippen LogP contribution in [0.3, 0.4) is 0 Å². The second-order valence-electron chi connectivity index (χ2n) is 0.688. The van der Waals surface area contributed by atoms with Gasteiger partial charge in [0.2, 0.25) is 0 Å². The summed E-state index contributed by atoms with van der Waals surface area (Å²) in [6.07, 6.45) is 0. The smallest absolute Gasteiger partial charge is 0.175 e. The standard InChI is InChI=1S/C2H3O5S.3Y/c3-2(4)1-8-7-6-5;;;/h1,5H,(H,3,4);;;/q-1;;;/p-1. The molecule has 0 aromatic heterocycles. The van der Waals surface area contributed by atoms with Crippen LogP contribution in [0.2, 0.25) is 0 Å². The van der Waals surface area contributed by atoms with Gasteiger partial charge in [-0.15, -0.1) is 12.0 Å². The first-order valence-corrected chi connectivity index (χ1v) is 2.26. The van der Waals surface area contributed by atoms with E-state index in [-0.39, 0.29) is 98.1 Å². The van der Waals surface area contributed by atoms with Crippen molar-refractivity contribution in [2.75, 3.05) is 0 Å². The predicted octanol–water partition coefficient (Wildman–Crippen LogP) is -0.903. The fourth-order valence-corrected chi connectivity index (χ4v) is 0.231. The van der Waals surface area contributed by atoms with E-state index in [9.17, 15) is 4.79 Å². The Balaban J connectivity index is -0.0000000817. The molecule has 0 spiro atoms. The van der Waals surface area contributed by atoms with Crippen LogP contribution in [0.4, 0.5) is 0 Å². The first-order valence-electron chi connectivity index (χ1n) is 1.45. The SMILES string of the molecule is O=C(O)[CH-]SOO[O-].[Y].[Y].[Y]. The number of carboxylic acid groups (broad SMARTS) is 1. The van der Waals surface area contributed by atoms with Gasteiger partial charge in [0.05, 0.1) is 0 Å². The molecule has 0 aromatic carbocycles. The van der Waals surface area contributed by atoms with Crippen molar-refractivity contribution in [3.05, 3.63) is 5.75 Å². The van der Waals surface area contributed by atoms with Gasteiger partial charge in [-0.3, -0.25) is 9.83 Å². The number of aliphatic carboxylic acids is 1. The predicted molar refractivity (Wildman–Crippen MR) is 21.7 cm³/mol. The molecule has 0 unspecified atom stereocenters. The Morgan fingerprint density at radius 3 is 2.18 bits per heavy atom. The van der Waals surface area contributed by atoms with E-state index >= 15 is 0 Å². The van der Waals surface area contributed by atoms with Crippen molar-refractivity contribution < 1.29 is 123 Å². The molecular formula is C2H2O5SY3-2. The van der Waals surface area contributed by atoms with Crippen molar-refractivity contribution in [2.45, 2.75) is 0 Å². The molecule has 3 radical (unpaired) electrons. The van der Waals surface area contributed by atoms with Gasteiger partial charge in [0.1, 0.15) is 0 Å². The van der Waals surface area contributed by atoms with Crippen molar-refractivity contribution in [3.8, 4) is 0 Å². The van der Waals surface area contributed by atoms with Gasteiger partial charge < -0.3 is 10.4 Å². The summed E-state index contributed by atoms with van der Waals surface area (Å²) < 4.78 is 3.57. The van der Waals surface area contributed by atoms with Gasteiger partial charge in [-0.05, 0) is 0 Å². The van der Waals surface area contributed by atoms with Gasteiger partial charge in [-0.1, -0.05) is 0 Å². The van der Waals surface area contributed by atoms with Crippen LogP contribution in [0.1, 0.15) is 0 Å². The second kappa shape index (κ2) is 18.6. The quantitative estimate of drug-likeness (QED) is 0.215. The molecule has 11 heavy (non-hydrogen) atoms. The zero-order chi connectivity index (χ0) is 6.41. The summed E-state index contributed by atoms with van der Waals surface area (Å²) in [4.78, 5) is 9.56. The number of carboxylic acids is 1. The Labute approximate surface area is 143 Å². The van der Waals surface area contributed by atoms with E-state index in [2.05, 4.69) is 9.37 Å². The van der Waals surface area contributed by atoms with Crippen LogP contribution in [0, 0.1) is 5.75 Å². The van der Waals surface area contributed by atoms with Gasteiger partial charge in [-0.2, -0.15) is 0 Å². The minimum absolute atomic E-state index is 0. The molecule has 0 bridgehead atoms. The van der Waals surface area contributed by atoms with Gasteiger partial charge in [0.25, 0.3) is 0 Å². The summed E-state index contributed by atoms with van der Waals surface area (Å²) >= 11 is 0.302. The summed E-state index contributed by atoms with van der Waals surface area (Å²) in [5.74, 6) is -0.523. The molecule has 0 rings (SSSR count). The number of rotatable bonds is 4. The molecule has 1 N–H and O–H groups in total. The summed E-state index contributed by atoms with van der Waals surface area (Å²) in [6.45, 7) is 0. The van der Waals surface area contributed by atoms with Crippen LogP contribution in [-0.2, 0) is 112 Å². The van der Waals surface area contributed by atoms with Crippen LogP contribution in [0.5, 0.6) is 0 Å². The molecule has 0 atom stereocenters.